The smallest absolute Gasteiger partial charge is 0.137 e. The first-order chi connectivity index (χ1) is 15.0. The van der Waals surface area contributed by atoms with Crippen LogP contribution in [0.5, 0.6) is 5.75 Å². The largest absolute Gasteiger partial charge is 0.496 e. The normalized spacial score (nSPS) is 10.6. The summed E-state index contributed by atoms with van der Waals surface area (Å²) in [5.41, 5.74) is 4.91. The number of hydrogen-bond acceptors (Lipinski definition) is 4. The van der Waals surface area contributed by atoms with Crippen molar-refractivity contribution in [2.45, 2.75) is 39.2 Å². The van der Waals surface area contributed by atoms with Crippen LogP contribution in [0.2, 0.25) is 0 Å². The maximum atomic E-state index is 12.8. The van der Waals surface area contributed by atoms with E-state index in [0.717, 1.165) is 28.1 Å². The van der Waals surface area contributed by atoms with Gasteiger partial charge in [0.2, 0.25) is 0 Å². The summed E-state index contributed by atoms with van der Waals surface area (Å²) in [5.74, 6) is 0.900. The van der Waals surface area contributed by atoms with Gasteiger partial charge in [-0.15, -0.1) is 6.58 Å². The van der Waals surface area contributed by atoms with Gasteiger partial charge in [-0.05, 0) is 49.2 Å². The number of benzene rings is 1. The summed E-state index contributed by atoms with van der Waals surface area (Å²) in [6.07, 6.45) is 7.16. The molecule has 31 heavy (non-hydrogen) atoms. The number of hydrogen-bond donors (Lipinski definition) is 0. The van der Waals surface area contributed by atoms with Crippen molar-refractivity contribution in [3.05, 3.63) is 84.3 Å². The molecule has 160 valence electrons. The predicted molar refractivity (Wildman–Crippen MR) is 122 cm³/mol. The van der Waals surface area contributed by atoms with Gasteiger partial charge in [0.25, 0.3) is 0 Å². The lowest BCUT2D eigenvalue weighted by Gasteiger charge is -2.12. The molecule has 1 aromatic carbocycles. The third-order valence-electron chi connectivity index (χ3n) is 5.19. The Bertz CT molecular complexity index is 1070. The molecule has 2 heterocycles. The van der Waals surface area contributed by atoms with Gasteiger partial charge in [0.1, 0.15) is 17.3 Å². The van der Waals surface area contributed by atoms with Crippen LogP contribution in [0.25, 0.3) is 11.3 Å². The molecule has 0 spiro atoms. The van der Waals surface area contributed by atoms with E-state index in [1.165, 1.54) is 0 Å². The number of Topliss-reactive ketones (excluding diaryl/α,β-unsaturated/α-hetero) is 2. The molecule has 0 fully saturated rings. The fourth-order valence-corrected chi connectivity index (χ4v) is 3.77. The molecule has 0 saturated carbocycles. The molecule has 0 bridgehead atoms. The molecule has 0 amide bonds. The van der Waals surface area contributed by atoms with E-state index < -0.39 is 0 Å². The van der Waals surface area contributed by atoms with E-state index in [1.54, 1.807) is 20.2 Å². The summed E-state index contributed by atoms with van der Waals surface area (Å²) in [6.45, 7) is 6.10. The number of nitrogens with zero attached hydrogens (tertiary/aromatic N) is 2. The first-order valence-electron chi connectivity index (χ1n) is 10.4. The van der Waals surface area contributed by atoms with Crippen molar-refractivity contribution >= 4 is 11.6 Å². The minimum atomic E-state index is 0.0924. The van der Waals surface area contributed by atoms with Crippen molar-refractivity contribution in [2.75, 3.05) is 7.11 Å². The fourth-order valence-electron chi connectivity index (χ4n) is 3.77. The number of carbonyl (C=O) groups excluding carboxylic acids is 2. The van der Waals surface area contributed by atoms with Crippen molar-refractivity contribution < 1.29 is 14.3 Å². The van der Waals surface area contributed by atoms with Crippen molar-refractivity contribution in [1.82, 2.24) is 9.55 Å². The molecule has 3 rings (SSSR count). The molecule has 0 atom stereocenters. The first-order valence-corrected chi connectivity index (χ1v) is 10.4. The van der Waals surface area contributed by atoms with Crippen molar-refractivity contribution in [3.63, 3.8) is 0 Å². The molecule has 5 nitrogen and oxygen atoms in total. The second kappa shape index (κ2) is 10.5. The Morgan fingerprint density at radius 3 is 2.68 bits per heavy atom. The summed E-state index contributed by atoms with van der Waals surface area (Å²) in [5, 5.41) is 0. The summed E-state index contributed by atoms with van der Waals surface area (Å²) < 4.78 is 7.59. The van der Waals surface area contributed by atoms with E-state index in [9.17, 15) is 9.59 Å². The molecule has 3 aromatic rings. The Hall–Kier alpha value is -3.47. The monoisotopic (exact) mass is 416 g/mol. The summed E-state index contributed by atoms with van der Waals surface area (Å²) in [7, 11) is 1.59. The molecule has 5 heteroatoms. The molecule has 0 N–H and O–H groups in total. The molecule has 0 unspecified atom stereocenters. The average Bonchev–Trinajstić information content (AvgIpc) is 3.15. The lowest BCUT2D eigenvalue weighted by molar-refractivity contribution is -0.118. The van der Waals surface area contributed by atoms with Gasteiger partial charge in [0.15, 0.2) is 0 Å². The van der Waals surface area contributed by atoms with E-state index in [2.05, 4.69) is 28.3 Å². The third-order valence-corrected chi connectivity index (χ3v) is 5.19. The number of ketones is 2. The molecule has 0 aliphatic rings. The third kappa shape index (κ3) is 5.79. The van der Waals surface area contributed by atoms with Gasteiger partial charge in [-0.3, -0.25) is 14.6 Å². The number of methoxy groups -OCH3 is 1. The Morgan fingerprint density at radius 1 is 1.16 bits per heavy atom. The molecule has 0 radical (unpaired) electrons. The van der Waals surface area contributed by atoms with Gasteiger partial charge < -0.3 is 9.30 Å². The molecule has 0 aliphatic heterocycles. The van der Waals surface area contributed by atoms with Crippen molar-refractivity contribution in [2.24, 2.45) is 0 Å². The molecular weight excluding hydrogens is 388 g/mol. The van der Waals surface area contributed by atoms with E-state index in [0.29, 0.717) is 31.6 Å². The minimum absolute atomic E-state index is 0.0924. The van der Waals surface area contributed by atoms with Crippen LogP contribution in [0.3, 0.4) is 0 Å². The number of carbonyl (C=O) groups is 2. The van der Waals surface area contributed by atoms with Gasteiger partial charge in [-0.2, -0.15) is 0 Å². The zero-order chi connectivity index (χ0) is 22.2. The van der Waals surface area contributed by atoms with Crippen LogP contribution in [-0.4, -0.2) is 28.2 Å². The molecule has 0 saturated heterocycles. The van der Waals surface area contributed by atoms with Crippen LogP contribution in [0.1, 0.15) is 30.2 Å². The maximum absolute atomic E-state index is 12.8. The SMILES string of the molecule is C=CCn1c(CCC(=O)Cc2cc(CC(C)=O)ccc2OC)ccc1-c1cccnc1. The number of aryl methyl sites for hydroxylation is 1. The van der Waals surface area contributed by atoms with Gasteiger partial charge in [0.05, 0.1) is 12.8 Å². The van der Waals surface area contributed by atoms with Gasteiger partial charge in [0, 0.05) is 55.0 Å². The van der Waals surface area contributed by atoms with Crippen LogP contribution < -0.4 is 4.74 Å². The molecular formula is C26H28N2O3. The maximum Gasteiger partial charge on any atom is 0.137 e. The number of allylic oxidation sites excluding steroid dienone is 1. The van der Waals surface area contributed by atoms with Gasteiger partial charge >= 0.3 is 0 Å². The second-order valence-electron chi connectivity index (χ2n) is 7.59. The average molecular weight is 417 g/mol. The number of pyridine rings is 1. The van der Waals surface area contributed by atoms with E-state index in [1.807, 2.05) is 42.6 Å². The van der Waals surface area contributed by atoms with Gasteiger partial charge in [-0.1, -0.05) is 18.2 Å². The minimum Gasteiger partial charge on any atom is -0.496 e. The van der Waals surface area contributed by atoms with Gasteiger partial charge in [-0.25, -0.2) is 0 Å². The highest BCUT2D eigenvalue weighted by molar-refractivity contribution is 5.82. The summed E-state index contributed by atoms with van der Waals surface area (Å²) in [6, 6.07) is 13.7. The lowest BCUT2D eigenvalue weighted by Crippen LogP contribution is -2.09. The fraction of sp³-hybridized carbons (Fsp3) is 0.269. The standard InChI is InChI=1S/C26H28N2O3/c1-4-14-28-23(9-11-25(28)21-6-5-13-27-18-21)8-10-24(30)17-22-16-20(15-19(2)29)7-12-26(22)31-3/h4-7,9,11-13,16,18H,1,8,10,14-15,17H2,2-3H3. The summed E-state index contributed by atoms with van der Waals surface area (Å²) >= 11 is 0. The van der Waals surface area contributed by atoms with E-state index in [4.69, 9.17) is 4.74 Å². The van der Waals surface area contributed by atoms with Crippen LogP contribution in [-0.2, 0) is 35.4 Å². The van der Waals surface area contributed by atoms with Crippen LogP contribution in [0.15, 0.2) is 67.5 Å². The second-order valence-corrected chi connectivity index (χ2v) is 7.59. The Kier molecular flexibility index (Phi) is 7.55. The number of rotatable bonds is 11. The molecule has 0 aliphatic carbocycles. The zero-order valence-corrected chi connectivity index (χ0v) is 18.1. The summed E-state index contributed by atoms with van der Waals surface area (Å²) in [4.78, 5) is 28.4. The lowest BCUT2D eigenvalue weighted by atomic mass is 10.00. The topological polar surface area (TPSA) is 61.2 Å². The van der Waals surface area contributed by atoms with E-state index >= 15 is 0 Å². The highest BCUT2D eigenvalue weighted by atomic mass is 16.5. The predicted octanol–water partition coefficient (Wildman–Crippen LogP) is 4.62. The van der Waals surface area contributed by atoms with Crippen molar-refractivity contribution in [1.29, 1.82) is 0 Å². The molecule has 2 aromatic heterocycles. The highest BCUT2D eigenvalue weighted by Gasteiger charge is 2.14. The van der Waals surface area contributed by atoms with Crippen LogP contribution in [0.4, 0.5) is 0 Å². The highest BCUT2D eigenvalue weighted by Crippen LogP contribution is 2.24. The Balaban J connectivity index is 1.72. The van der Waals surface area contributed by atoms with Crippen LogP contribution >= 0.6 is 0 Å². The first kappa shape index (κ1) is 22.2. The van der Waals surface area contributed by atoms with Crippen molar-refractivity contribution in [3.8, 4) is 17.0 Å². The Morgan fingerprint density at radius 2 is 2.00 bits per heavy atom. The van der Waals surface area contributed by atoms with Crippen LogP contribution in [0, 0.1) is 0 Å². The number of ether oxygens (including phenoxy) is 1. The number of aromatic nitrogens is 2. The quantitative estimate of drug-likeness (QED) is 0.428. The Labute approximate surface area is 183 Å². The van der Waals surface area contributed by atoms with E-state index in [-0.39, 0.29) is 18.0 Å². The zero-order valence-electron chi connectivity index (χ0n) is 18.1.